The minimum Gasteiger partial charge on any atom is -0.266 e. The summed E-state index contributed by atoms with van der Waals surface area (Å²) in [4.78, 5) is 16.3. The van der Waals surface area contributed by atoms with Gasteiger partial charge >= 0.3 is 10.8 Å². The fourth-order valence-corrected chi connectivity index (χ4v) is 3.25. The molecule has 1 N–H and O–H groups in total. The molecule has 0 spiro atoms. The first-order valence-corrected chi connectivity index (χ1v) is 6.75. The average molecular weight is 260 g/mol. The highest BCUT2D eigenvalue weighted by molar-refractivity contribution is 7.99. The van der Waals surface area contributed by atoms with Gasteiger partial charge in [-0.2, -0.15) is 5.10 Å². The molecule has 3 aromatic rings. The monoisotopic (exact) mass is 260 g/mol. The number of rotatable bonds is 0. The van der Waals surface area contributed by atoms with Gasteiger partial charge in [0, 0.05) is 11.9 Å². The number of nitrogens with one attached hydrogen (secondary N) is 1. The maximum Gasteiger partial charge on any atom is 0.364 e. The Morgan fingerprint density at radius 3 is 3.39 bits per heavy atom. The molecule has 0 aromatic carbocycles. The van der Waals surface area contributed by atoms with Crippen LogP contribution in [-0.4, -0.2) is 25.4 Å². The van der Waals surface area contributed by atoms with Gasteiger partial charge in [0.25, 0.3) is 5.56 Å². The second-order valence-corrected chi connectivity index (χ2v) is 5.27. The molecule has 1 aliphatic heterocycles. The summed E-state index contributed by atoms with van der Waals surface area (Å²) in [7, 11) is 0. The van der Waals surface area contributed by atoms with Crippen LogP contribution in [-0.2, 0) is 6.54 Å². The van der Waals surface area contributed by atoms with E-state index < -0.39 is 0 Å². The molecular formula is C11H10N5OS+. The van der Waals surface area contributed by atoms with Gasteiger partial charge in [-0.05, 0) is 35.4 Å². The van der Waals surface area contributed by atoms with Crippen molar-refractivity contribution in [2.24, 2.45) is 0 Å². The standard InChI is InChI=1S/C11H9N5OS/c17-10-7-3-1-4-12-8(7)9-13-15-5-2-6-18-11(15)16(9)14-10/h1,3-4H,2,5-6H2/p+1. The van der Waals surface area contributed by atoms with Gasteiger partial charge in [0.05, 0.1) is 5.39 Å². The summed E-state index contributed by atoms with van der Waals surface area (Å²) >= 11 is 1.71. The van der Waals surface area contributed by atoms with Crippen molar-refractivity contribution in [3.63, 3.8) is 0 Å². The third-order valence-corrected chi connectivity index (χ3v) is 4.21. The SMILES string of the molecule is O=c1[nH]n2c3[n+](nc2c2ncccc12)CCCS3. The molecule has 0 unspecified atom stereocenters. The molecule has 4 heterocycles. The molecule has 0 amide bonds. The largest absolute Gasteiger partial charge is 0.364 e. The Morgan fingerprint density at radius 1 is 1.50 bits per heavy atom. The topological polar surface area (TPSA) is 66.9 Å². The molecule has 3 aromatic heterocycles. The summed E-state index contributed by atoms with van der Waals surface area (Å²) in [6.07, 6.45) is 2.79. The van der Waals surface area contributed by atoms with Gasteiger partial charge in [-0.3, -0.25) is 4.79 Å². The van der Waals surface area contributed by atoms with Crippen molar-refractivity contribution >= 4 is 28.3 Å². The van der Waals surface area contributed by atoms with Crippen LogP contribution in [0.3, 0.4) is 0 Å². The predicted molar refractivity (Wildman–Crippen MR) is 66.6 cm³/mol. The van der Waals surface area contributed by atoms with Crippen LogP contribution in [0.15, 0.2) is 28.3 Å². The minimum absolute atomic E-state index is 0.127. The first-order valence-electron chi connectivity index (χ1n) is 5.77. The number of H-pyrrole nitrogens is 1. The number of fused-ring (bicyclic) bond motifs is 5. The molecule has 0 saturated heterocycles. The first-order chi connectivity index (χ1) is 8.84. The molecule has 0 radical (unpaired) electrons. The van der Waals surface area contributed by atoms with E-state index in [0.29, 0.717) is 10.9 Å². The number of pyridine rings is 1. The van der Waals surface area contributed by atoms with Crippen LogP contribution >= 0.6 is 11.8 Å². The van der Waals surface area contributed by atoms with Crippen molar-refractivity contribution in [3.05, 3.63) is 28.7 Å². The Bertz CT molecular complexity index is 821. The van der Waals surface area contributed by atoms with Crippen LogP contribution in [0.4, 0.5) is 0 Å². The van der Waals surface area contributed by atoms with Gasteiger partial charge in [0.1, 0.15) is 12.1 Å². The molecule has 7 heteroatoms. The highest BCUT2D eigenvalue weighted by Crippen LogP contribution is 2.21. The zero-order chi connectivity index (χ0) is 12.1. The lowest BCUT2D eigenvalue weighted by Gasteiger charge is -2.02. The van der Waals surface area contributed by atoms with Gasteiger partial charge in [-0.25, -0.2) is 4.98 Å². The van der Waals surface area contributed by atoms with E-state index in [2.05, 4.69) is 15.2 Å². The molecule has 1 aliphatic rings. The summed E-state index contributed by atoms with van der Waals surface area (Å²) in [5.41, 5.74) is 1.25. The van der Waals surface area contributed by atoms with Crippen molar-refractivity contribution in [3.8, 4) is 0 Å². The van der Waals surface area contributed by atoms with E-state index in [1.54, 1.807) is 34.6 Å². The van der Waals surface area contributed by atoms with Gasteiger partial charge in [0.15, 0.2) is 0 Å². The lowest BCUT2D eigenvalue weighted by atomic mass is 10.3. The molecular weight excluding hydrogens is 250 g/mol. The van der Waals surface area contributed by atoms with Gasteiger partial charge < -0.3 is 0 Å². The summed E-state index contributed by atoms with van der Waals surface area (Å²) in [6, 6.07) is 3.53. The highest BCUT2D eigenvalue weighted by Gasteiger charge is 2.27. The third kappa shape index (κ3) is 1.25. The Morgan fingerprint density at radius 2 is 2.44 bits per heavy atom. The highest BCUT2D eigenvalue weighted by atomic mass is 32.2. The third-order valence-electron chi connectivity index (χ3n) is 3.06. The summed E-state index contributed by atoms with van der Waals surface area (Å²) in [5.74, 6) is 1.05. The molecule has 90 valence electrons. The average Bonchev–Trinajstić information content (AvgIpc) is 2.78. The Hall–Kier alpha value is -1.89. The normalized spacial score (nSPS) is 15.1. The summed E-state index contributed by atoms with van der Waals surface area (Å²) < 4.78 is 3.69. The van der Waals surface area contributed by atoms with Crippen molar-refractivity contribution < 1.29 is 4.68 Å². The second-order valence-electron chi connectivity index (χ2n) is 4.21. The number of thioether (sulfide) groups is 1. The predicted octanol–water partition coefficient (Wildman–Crippen LogP) is 0.354. The van der Waals surface area contributed by atoms with Crippen molar-refractivity contribution in [1.82, 2.24) is 19.7 Å². The van der Waals surface area contributed by atoms with Gasteiger partial charge in [0.2, 0.25) is 0 Å². The van der Waals surface area contributed by atoms with E-state index in [9.17, 15) is 4.79 Å². The van der Waals surface area contributed by atoms with Gasteiger partial charge in [-0.1, -0.05) is 4.52 Å². The number of aromatic nitrogens is 5. The first kappa shape index (κ1) is 10.1. The molecule has 4 rings (SSSR count). The smallest absolute Gasteiger partial charge is 0.266 e. The van der Waals surface area contributed by atoms with E-state index in [1.165, 1.54) is 0 Å². The molecule has 0 aliphatic carbocycles. The second kappa shape index (κ2) is 3.55. The Balaban J connectivity index is 2.24. The zero-order valence-electron chi connectivity index (χ0n) is 9.46. The quantitative estimate of drug-likeness (QED) is 0.592. The number of aryl methyl sites for hydroxylation is 1. The fourth-order valence-electron chi connectivity index (χ4n) is 2.25. The Labute approximate surface area is 106 Å². The number of aromatic amines is 1. The molecule has 0 bridgehead atoms. The summed E-state index contributed by atoms with van der Waals surface area (Å²) in [5, 5.41) is 8.96. The number of hydrogen-bond acceptors (Lipinski definition) is 4. The van der Waals surface area contributed by atoms with Crippen molar-refractivity contribution in [1.29, 1.82) is 0 Å². The lowest BCUT2D eigenvalue weighted by molar-refractivity contribution is -0.786. The molecule has 0 fully saturated rings. The zero-order valence-corrected chi connectivity index (χ0v) is 10.3. The van der Waals surface area contributed by atoms with Crippen molar-refractivity contribution in [2.75, 3.05) is 5.75 Å². The van der Waals surface area contributed by atoms with E-state index >= 15 is 0 Å². The van der Waals surface area contributed by atoms with E-state index in [-0.39, 0.29) is 5.56 Å². The van der Waals surface area contributed by atoms with Crippen LogP contribution in [0.2, 0.25) is 0 Å². The maximum atomic E-state index is 12.0. The van der Waals surface area contributed by atoms with E-state index in [1.807, 2.05) is 4.68 Å². The summed E-state index contributed by atoms with van der Waals surface area (Å²) in [6.45, 7) is 0.889. The minimum atomic E-state index is -0.127. The van der Waals surface area contributed by atoms with Crippen LogP contribution in [0.1, 0.15) is 6.42 Å². The van der Waals surface area contributed by atoms with E-state index in [0.717, 1.165) is 29.5 Å². The van der Waals surface area contributed by atoms with Crippen LogP contribution in [0.25, 0.3) is 16.6 Å². The van der Waals surface area contributed by atoms with Crippen molar-refractivity contribution in [2.45, 2.75) is 18.1 Å². The fraction of sp³-hybridized carbons (Fsp3) is 0.273. The number of hydrogen-bond donors (Lipinski definition) is 1. The van der Waals surface area contributed by atoms with Crippen LogP contribution < -0.4 is 10.2 Å². The Kier molecular flexibility index (Phi) is 1.99. The molecule has 18 heavy (non-hydrogen) atoms. The molecule has 0 saturated carbocycles. The lowest BCUT2D eigenvalue weighted by Crippen LogP contribution is -2.40. The van der Waals surface area contributed by atoms with Crippen LogP contribution in [0.5, 0.6) is 0 Å². The van der Waals surface area contributed by atoms with E-state index in [4.69, 9.17) is 0 Å². The molecule has 0 atom stereocenters. The molecule has 6 nitrogen and oxygen atoms in total. The van der Waals surface area contributed by atoms with Crippen LogP contribution in [0, 0.1) is 0 Å². The van der Waals surface area contributed by atoms with Gasteiger partial charge in [-0.15, -0.1) is 4.68 Å². The number of nitrogens with zero attached hydrogens (tertiary/aromatic N) is 4. The maximum absolute atomic E-state index is 12.0.